The van der Waals surface area contributed by atoms with E-state index in [9.17, 15) is 9.90 Å². The number of H-pyrrole nitrogens is 1. The zero-order chi connectivity index (χ0) is 20.3. The van der Waals surface area contributed by atoms with Gasteiger partial charge in [-0.3, -0.25) is 4.79 Å². The lowest BCUT2D eigenvalue weighted by Gasteiger charge is -2.16. The van der Waals surface area contributed by atoms with Crippen molar-refractivity contribution in [2.45, 2.75) is 40.3 Å². The number of para-hydroxylation sites is 1. The molecule has 1 aromatic heterocycles. The maximum absolute atomic E-state index is 12.4. The number of aryl methyl sites for hydroxylation is 4. The van der Waals surface area contributed by atoms with Crippen molar-refractivity contribution < 1.29 is 9.84 Å². The first-order valence-corrected chi connectivity index (χ1v) is 9.56. The number of ether oxygens (including phenoxy) is 1. The third-order valence-electron chi connectivity index (χ3n) is 5.04. The van der Waals surface area contributed by atoms with Crippen LogP contribution in [0.25, 0.3) is 10.9 Å². The highest BCUT2D eigenvalue weighted by Crippen LogP contribution is 2.22. The second kappa shape index (κ2) is 8.59. The van der Waals surface area contributed by atoms with E-state index in [1.54, 1.807) is 0 Å². The standard InChI is InChI=1S/C23H28N2O3/c1-14-8-9-15(2)21-20(14)10-18(23(27)25-21)11-24-12-19(26)13-28-22-16(3)6-5-7-17(22)4/h5-10,19,24,26H,11-13H2,1-4H3,(H,25,27)/t19-/m0/s1. The molecule has 0 bridgehead atoms. The molecule has 5 nitrogen and oxygen atoms in total. The van der Waals surface area contributed by atoms with Crippen LogP contribution in [0, 0.1) is 27.7 Å². The maximum atomic E-state index is 12.4. The van der Waals surface area contributed by atoms with Gasteiger partial charge in [-0.1, -0.05) is 30.3 Å². The Bertz CT molecular complexity index is 1020. The number of hydrogen-bond acceptors (Lipinski definition) is 4. The number of aromatic amines is 1. The molecular formula is C23H28N2O3. The Labute approximate surface area is 165 Å². The summed E-state index contributed by atoms with van der Waals surface area (Å²) >= 11 is 0. The molecule has 148 valence electrons. The highest BCUT2D eigenvalue weighted by Gasteiger charge is 2.10. The molecule has 0 saturated carbocycles. The minimum Gasteiger partial charge on any atom is -0.490 e. The van der Waals surface area contributed by atoms with E-state index in [-0.39, 0.29) is 12.2 Å². The Morgan fingerprint density at radius 1 is 1.04 bits per heavy atom. The lowest BCUT2D eigenvalue weighted by Crippen LogP contribution is -2.32. The van der Waals surface area contributed by atoms with Crippen LogP contribution in [0.4, 0.5) is 0 Å². The molecule has 3 rings (SSSR count). The average Bonchev–Trinajstić information content (AvgIpc) is 2.65. The molecule has 1 heterocycles. The Morgan fingerprint density at radius 2 is 1.71 bits per heavy atom. The van der Waals surface area contributed by atoms with E-state index >= 15 is 0 Å². The zero-order valence-electron chi connectivity index (χ0n) is 16.9. The Hall–Kier alpha value is -2.63. The van der Waals surface area contributed by atoms with Gasteiger partial charge in [0.15, 0.2) is 0 Å². The van der Waals surface area contributed by atoms with Crippen LogP contribution >= 0.6 is 0 Å². The molecule has 1 atom stereocenters. The predicted molar refractivity (Wildman–Crippen MR) is 113 cm³/mol. The Morgan fingerprint density at radius 3 is 2.43 bits per heavy atom. The zero-order valence-corrected chi connectivity index (χ0v) is 16.9. The van der Waals surface area contributed by atoms with Gasteiger partial charge in [-0.25, -0.2) is 0 Å². The van der Waals surface area contributed by atoms with Crippen LogP contribution in [-0.2, 0) is 6.54 Å². The quantitative estimate of drug-likeness (QED) is 0.588. The van der Waals surface area contributed by atoms with Gasteiger partial charge in [0.25, 0.3) is 5.56 Å². The number of aromatic nitrogens is 1. The first kappa shape index (κ1) is 20.1. The summed E-state index contributed by atoms with van der Waals surface area (Å²) in [6, 6.07) is 12.0. The Balaban J connectivity index is 1.59. The van der Waals surface area contributed by atoms with Crippen molar-refractivity contribution in [2.24, 2.45) is 0 Å². The van der Waals surface area contributed by atoms with Gasteiger partial charge in [0.05, 0.1) is 5.52 Å². The fourth-order valence-corrected chi connectivity index (χ4v) is 3.39. The number of nitrogens with one attached hydrogen (secondary N) is 2. The number of pyridine rings is 1. The van der Waals surface area contributed by atoms with E-state index in [0.29, 0.717) is 18.7 Å². The van der Waals surface area contributed by atoms with Gasteiger partial charge in [-0.05, 0) is 56.0 Å². The fourth-order valence-electron chi connectivity index (χ4n) is 3.39. The third kappa shape index (κ3) is 4.43. The second-order valence-electron chi connectivity index (χ2n) is 7.43. The number of hydrogen-bond donors (Lipinski definition) is 3. The largest absolute Gasteiger partial charge is 0.490 e. The van der Waals surface area contributed by atoms with Crippen LogP contribution in [-0.4, -0.2) is 29.3 Å². The van der Waals surface area contributed by atoms with Crippen molar-refractivity contribution in [3.63, 3.8) is 0 Å². The van der Waals surface area contributed by atoms with Crippen molar-refractivity contribution in [1.82, 2.24) is 10.3 Å². The summed E-state index contributed by atoms with van der Waals surface area (Å²) in [6.07, 6.45) is -0.664. The van der Waals surface area contributed by atoms with Gasteiger partial charge >= 0.3 is 0 Å². The summed E-state index contributed by atoms with van der Waals surface area (Å²) in [5, 5.41) is 14.4. The SMILES string of the molecule is Cc1cccc(C)c1OC[C@@H](O)CNCc1cc2c(C)ccc(C)c2[nH]c1=O. The molecule has 0 saturated heterocycles. The lowest BCUT2D eigenvalue weighted by molar-refractivity contribution is 0.105. The molecule has 0 amide bonds. The number of benzene rings is 2. The summed E-state index contributed by atoms with van der Waals surface area (Å²) in [5.41, 5.74) is 5.72. The molecule has 0 radical (unpaired) electrons. The van der Waals surface area contributed by atoms with E-state index < -0.39 is 6.10 Å². The first-order chi connectivity index (χ1) is 13.4. The van der Waals surface area contributed by atoms with E-state index in [1.807, 2.05) is 58.0 Å². The van der Waals surface area contributed by atoms with Crippen LogP contribution in [0.15, 0.2) is 41.2 Å². The van der Waals surface area contributed by atoms with Crippen LogP contribution in [0.2, 0.25) is 0 Å². The molecule has 0 aliphatic carbocycles. The molecule has 28 heavy (non-hydrogen) atoms. The molecule has 0 fully saturated rings. The molecule has 0 aliphatic heterocycles. The van der Waals surface area contributed by atoms with E-state index in [2.05, 4.69) is 16.4 Å². The topological polar surface area (TPSA) is 74.3 Å². The maximum Gasteiger partial charge on any atom is 0.252 e. The van der Waals surface area contributed by atoms with Gasteiger partial charge in [0.1, 0.15) is 18.5 Å². The van der Waals surface area contributed by atoms with Gasteiger partial charge < -0.3 is 20.1 Å². The minimum absolute atomic E-state index is 0.102. The molecule has 0 aliphatic rings. The molecule has 3 aromatic rings. The van der Waals surface area contributed by atoms with Crippen molar-refractivity contribution in [3.05, 3.63) is 74.6 Å². The van der Waals surface area contributed by atoms with Gasteiger partial charge in [-0.15, -0.1) is 0 Å². The fraction of sp³-hybridized carbons (Fsp3) is 0.348. The van der Waals surface area contributed by atoms with Gasteiger partial charge in [0.2, 0.25) is 0 Å². The summed E-state index contributed by atoms with van der Waals surface area (Å²) in [4.78, 5) is 15.4. The second-order valence-corrected chi connectivity index (χ2v) is 7.43. The van der Waals surface area contributed by atoms with Crippen molar-refractivity contribution in [2.75, 3.05) is 13.2 Å². The van der Waals surface area contributed by atoms with Crippen LogP contribution in [0.1, 0.15) is 27.8 Å². The number of rotatable bonds is 7. The van der Waals surface area contributed by atoms with Crippen LogP contribution in [0.3, 0.4) is 0 Å². The summed E-state index contributed by atoms with van der Waals surface area (Å²) in [5.74, 6) is 0.818. The first-order valence-electron chi connectivity index (χ1n) is 9.56. The molecule has 2 aromatic carbocycles. The molecule has 5 heteroatoms. The highest BCUT2D eigenvalue weighted by atomic mass is 16.5. The molecule has 0 spiro atoms. The number of aliphatic hydroxyl groups is 1. The highest BCUT2D eigenvalue weighted by molar-refractivity contribution is 5.85. The van der Waals surface area contributed by atoms with Crippen molar-refractivity contribution >= 4 is 10.9 Å². The average molecular weight is 380 g/mol. The van der Waals surface area contributed by atoms with Crippen molar-refractivity contribution in [1.29, 1.82) is 0 Å². The van der Waals surface area contributed by atoms with E-state index in [0.717, 1.165) is 38.9 Å². The van der Waals surface area contributed by atoms with Crippen LogP contribution in [0.5, 0.6) is 5.75 Å². The van der Waals surface area contributed by atoms with E-state index in [4.69, 9.17) is 4.74 Å². The molecule has 0 unspecified atom stereocenters. The number of fused-ring (bicyclic) bond motifs is 1. The van der Waals surface area contributed by atoms with Crippen LogP contribution < -0.4 is 15.6 Å². The molecular weight excluding hydrogens is 352 g/mol. The monoisotopic (exact) mass is 380 g/mol. The smallest absolute Gasteiger partial charge is 0.252 e. The summed E-state index contributed by atoms with van der Waals surface area (Å²) in [7, 11) is 0. The summed E-state index contributed by atoms with van der Waals surface area (Å²) < 4.78 is 5.78. The number of aliphatic hydroxyl groups excluding tert-OH is 1. The minimum atomic E-state index is -0.664. The van der Waals surface area contributed by atoms with Gasteiger partial charge in [-0.2, -0.15) is 0 Å². The van der Waals surface area contributed by atoms with Gasteiger partial charge in [0, 0.05) is 24.0 Å². The normalized spacial score (nSPS) is 12.3. The predicted octanol–water partition coefficient (Wildman–Crippen LogP) is 3.29. The lowest BCUT2D eigenvalue weighted by atomic mass is 10.0. The van der Waals surface area contributed by atoms with E-state index in [1.165, 1.54) is 0 Å². The third-order valence-corrected chi connectivity index (χ3v) is 5.04. The molecule has 3 N–H and O–H groups in total. The summed E-state index contributed by atoms with van der Waals surface area (Å²) in [6.45, 7) is 8.93. The Kier molecular flexibility index (Phi) is 6.17. The van der Waals surface area contributed by atoms with Crippen molar-refractivity contribution in [3.8, 4) is 5.75 Å².